The molecule has 0 bridgehead atoms. The molecule has 5 aromatic rings. The third-order valence-electron chi connectivity index (χ3n) is 10.6. The van der Waals surface area contributed by atoms with E-state index in [1.54, 1.807) is 12.1 Å². The lowest BCUT2D eigenvalue weighted by Gasteiger charge is -2.33. The summed E-state index contributed by atoms with van der Waals surface area (Å²) in [6.45, 7) is 4.62. The summed E-state index contributed by atoms with van der Waals surface area (Å²) in [4.78, 5) is 45.1. The number of carbonyl (C=O) groups is 2. The highest BCUT2D eigenvalue weighted by atomic mass is 32.1. The maximum Gasteiger partial charge on any atom is 0.315 e. The number of aromatic amines is 1. The Balaban J connectivity index is 0.840. The molecule has 1 amide bonds. The number of hydrogen-bond acceptors (Lipinski definition) is 10. The van der Waals surface area contributed by atoms with E-state index in [0.29, 0.717) is 47.5 Å². The molecule has 0 radical (unpaired) electrons. The highest BCUT2D eigenvalue weighted by Gasteiger charge is 2.39. The van der Waals surface area contributed by atoms with Gasteiger partial charge < -0.3 is 35.9 Å². The number of ether oxygens (including phenoxy) is 1. The molecule has 6 N–H and O–H groups in total. The highest BCUT2D eigenvalue weighted by molar-refractivity contribution is 7.14. The largest absolute Gasteiger partial charge is 0.506 e. The number of nitrogens with one attached hydrogen (secondary N) is 4. The Labute approximate surface area is 324 Å². The maximum absolute atomic E-state index is 13.8. The quantitative estimate of drug-likeness (QED) is 0.0593. The predicted molar refractivity (Wildman–Crippen MR) is 214 cm³/mol. The summed E-state index contributed by atoms with van der Waals surface area (Å²) in [5, 5.41) is 31.3. The van der Waals surface area contributed by atoms with Gasteiger partial charge in [-0.3, -0.25) is 19.3 Å². The van der Waals surface area contributed by atoms with E-state index >= 15 is 0 Å². The van der Waals surface area contributed by atoms with Crippen molar-refractivity contribution in [3.63, 3.8) is 0 Å². The van der Waals surface area contributed by atoms with Gasteiger partial charge >= 0.3 is 5.97 Å². The molecule has 2 unspecified atom stereocenters. The second-order valence-electron chi connectivity index (χ2n) is 14.5. The zero-order valence-electron chi connectivity index (χ0n) is 30.8. The molecule has 1 aliphatic heterocycles. The smallest absolute Gasteiger partial charge is 0.315 e. The van der Waals surface area contributed by atoms with Gasteiger partial charge in [0.2, 0.25) is 5.56 Å². The zero-order valence-corrected chi connectivity index (χ0v) is 31.7. The number of likely N-dealkylation sites (tertiary alicyclic amines) is 1. The van der Waals surface area contributed by atoms with Gasteiger partial charge in [0.05, 0.1) is 22.4 Å². The van der Waals surface area contributed by atoms with Gasteiger partial charge in [-0.15, -0.1) is 11.3 Å². The molecule has 0 saturated carbocycles. The summed E-state index contributed by atoms with van der Waals surface area (Å²) in [5.41, 5.74) is 4.06. The lowest BCUT2D eigenvalue weighted by Crippen LogP contribution is -2.42. The van der Waals surface area contributed by atoms with E-state index in [1.807, 2.05) is 36.4 Å². The fourth-order valence-electron chi connectivity index (χ4n) is 7.80. The van der Waals surface area contributed by atoms with Crippen molar-refractivity contribution in [2.75, 3.05) is 32.7 Å². The third-order valence-corrected chi connectivity index (χ3v) is 11.7. The molecular formula is C43H49N5O6S. The molecule has 0 spiro atoms. The van der Waals surface area contributed by atoms with E-state index in [-0.39, 0.29) is 41.2 Å². The number of hydrogen-bond donors (Lipinski definition) is 6. The summed E-state index contributed by atoms with van der Waals surface area (Å²) in [6.07, 6.45) is 3.22. The molecule has 1 fully saturated rings. The minimum atomic E-state index is -0.821. The SMILES string of the molecule is O=C(NCCCCNC[C@H](O)c1ccc(O)c2[nH]c(=O)ccc12)c1ccc(CNC2Cc3ccccc3C2C(=O)O[C@@H]2CCCN(Cc3ccccc3)C2)s1. The van der Waals surface area contributed by atoms with Gasteiger partial charge in [-0.05, 0) is 91.7 Å². The number of aromatic hydroxyl groups is 1. The molecule has 4 atom stereocenters. The number of aliphatic hydroxyl groups excluding tert-OH is 1. The number of phenolic OH excluding ortho intramolecular Hbond substituents is 1. The second kappa shape index (κ2) is 18.2. The Morgan fingerprint density at radius 1 is 0.964 bits per heavy atom. The lowest BCUT2D eigenvalue weighted by atomic mass is 9.98. The number of esters is 1. The number of pyridine rings is 1. The van der Waals surface area contributed by atoms with Crippen molar-refractivity contribution in [1.29, 1.82) is 0 Å². The van der Waals surface area contributed by atoms with Gasteiger partial charge in [-0.1, -0.05) is 60.7 Å². The Kier molecular flexibility index (Phi) is 12.7. The van der Waals surface area contributed by atoms with E-state index < -0.39 is 6.10 Å². The highest BCUT2D eigenvalue weighted by Crippen LogP contribution is 2.36. The fourth-order valence-corrected chi connectivity index (χ4v) is 8.67. The van der Waals surface area contributed by atoms with Gasteiger partial charge in [0.25, 0.3) is 5.91 Å². The fraction of sp³-hybridized carbons (Fsp3) is 0.372. The van der Waals surface area contributed by atoms with Crippen molar-refractivity contribution >= 4 is 34.1 Å². The zero-order chi connectivity index (χ0) is 38.1. The number of fused-ring (bicyclic) bond motifs is 2. The van der Waals surface area contributed by atoms with E-state index in [9.17, 15) is 24.6 Å². The number of nitrogens with zero attached hydrogens (tertiary/aromatic N) is 1. The van der Waals surface area contributed by atoms with Crippen LogP contribution >= 0.6 is 11.3 Å². The predicted octanol–water partition coefficient (Wildman–Crippen LogP) is 5.13. The van der Waals surface area contributed by atoms with Gasteiger partial charge in [0, 0.05) is 55.1 Å². The standard InChI is InChI=1S/C43H49N5O6S/c49-36-17-15-33(34-16-19-39(51)47-41(34)36)37(50)25-44-20-6-7-21-45-42(52)38-18-14-31(55-38)24-46-35-23-29-11-4-5-13-32(29)40(35)43(53)54-30-12-8-22-48(27-30)26-28-9-2-1-3-10-28/h1-5,9-11,13-19,30,35,37,40,44,46,49-50H,6-8,12,20-27H2,(H,45,52)(H,47,51)/t30-,35?,37+,40?/m1/s1. The average Bonchev–Trinajstić information content (AvgIpc) is 3.82. The van der Waals surface area contributed by atoms with Crippen molar-refractivity contribution in [2.45, 2.75) is 69.4 Å². The van der Waals surface area contributed by atoms with Crippen LogP contribution in [0.1, 0.15) is 74.5 Å². The van der Waals surface area contributed by atoms with Gasteiger partial charge in [-0.25, -0.2) is 0 Å². The van der Waals surface area contributed by atoms with Crippen molar-refractivity contribution in [3.8, 4) is 5.75 Å². The number of benzene rings is 3. The van der Waals surface area contributed by atoms with Crippen molar-refractivity contribution in [1.82, 2.24) is 25.8 Å². The number of piperidine rings is 1. The van der Waals surface area contributed by atoms with Crippen molar-refractivity contribution < 1.29 is 24.5 Å². The van der Waals surface area contributed by atoms with Crippen LogP contribution in [0.4, 0.5) is 0 Å². The van der Waals surface area contributed by atoms with Crippen LogP contribution in [-0.2, 0) is 29.0 Å². The molecule has 1 aliphatic carbocycles. The van der Waals surface area contributed by atoms with Crippen LogP contribution in [0.3, 0.4) is 0 Å². The second-order valence-corrected chi connectivity index (χ2v) is 15.7. The summed E-state index contributed by atoms with van der Waals surface area (Å²) in [7, 11) is 0. The van der Waals surface area contributed by atoms with Crippen LogP contribution in [0.2, 0.25) is 0 Å². The van der Waals surface area contributed by atoms with E-state index in [4.69, 9.17) is 4.74 Å². The molecule has 7 rings (SSSR count). The van der Waals surface area contributed by atoms with Crippen molar-refractivity contribution in [3.05, 3.63) is 133 Å². The molecular weight excluding hydrogens is 715 g/mol. The first kappa shape index (κ1) is 38.4. The Morgan fingerprint density at radius 3 is 2.65 bits per heavy atom. The topological polar surface area (TPSA) is 156 Å². The first-order valence-corrected chi connectivity index (χ1v) is 20.0. The lowest BCUT2D eigenvalue weighted by molar-refractivity contribution is -0.154. The van der Waals surface area contributed by atoms with Crippen LogP contribution in [0.15, 0.2) is 95.8 Å². The number of aromatic nitrogens is 1. The minimum Gasteiger partial charge on any atom is -0.506 e. The molecule has 3 heterocycles. The molecule has 11 nitrogen and oxygen atoms in total. The number of amides is 1. The average molecular weight is 764 g/mol. The van der Waals surface area contributed by atoms with Crippen molar-refractivity contribution in [2.24, 2.45) is 0 Å². The normalized spacial score (nSPS) is 18.9. The number of rotatable bonds is 16. The molecule has 2 aliphatic rings. The molecule has 55 heavy (non-hydrogen) atoms. The van der Waals surface area contributed by atoms with Gasteiger partial charge in [0.15, 0.2) is 0 Å². The van der Waals surface area contributed by atoms with E-state index in [0.717, 1.165) is 62.2 Å². The first-order chi connectivity index (χ1) is 26.8. The number of carbonyl (C=O) groups excluding carboxylic acids is 2. The van der Waals surface area contributed by atoms with Gasteiger partial charge in [-0.2, -0.15) is 0 Å². The number of aliphatic hydroxyl groups is 1. The molecule has 1 saturated heterocycles. The summed E-state index contributed by atoms with van der Waals surface area (Å²) < 4.78 is 6.23. The molecule has 2 aromatic heterocycles. The molecule has 288 valence electrons. The van der Waals surface area contributed by atoms with Gasteiger partial charge in [0.1, 0.15) is 11.9 Å². The Hall–Kier alpha value is -4.85. The number of H-pyrrole nitrogens is 1. The summed E-state index contributed by atoms with van der Waals surface area (Å²) >= 11 is 1.45. The summed E-state index contributed by atoms with van der Waals surface area (Å²) in [6, 6.07) is 28.4. The Bertz CT molecular complexity index is 2140. The molecule has 12 heteroatoms. The van der Waals surface area contributed by atoms with Crippen LogP contribution in [0, 0.1) is 0 Å². The number of unbranched alkanes of at least 4 members (excludes halogenated alkanes) is 1. The van der Waals surface area contributed by atoms with Crippen LogP contribution in [0.25, 0.3) is 10.9 Å². The molecule has 3 aromatic carbocycles. The van der Waals surface area contributed by atoms with E-state index in [2.05, 4.69) is 56.2 Å². The third kappa shape index (κ3) is 9.70. The number of thiophene rings is 1. The van der Waals surface area contributed by atoms with E-state index in [1.165, 1.54) is 34.6 Å². The number of phenols is 1. The maximum atomic E-state index is 13.8. The Morgan fingerprint density at radius 2 is 1.78 bits per heavy atom. The van der Waals surface area contributed by atoms with Crippen LogP contribution in [-0.4, -0.2) is 76.8 Å². The summed E-state index contributed by atoms with van der Waals surface area (Å²) in [5.74, 6) is -0.712. The first-order valence-electron chi connectivity index (χ1n) is 19.2. The van der Waals surface area contributed by atoms with Crippen LogP contribution < -0.4 is 21.5 Å². The van der Waals surface area contributed by atoms with Crippen LogP contribution in [0.5, 0.6) is 5.75 Å². The minimum absolute atomic E-state index is 0.0432. The monoisotopic (exact) mass is 763 g/mol.